The number of benzene rings is 1. The van der Waals surface area contributed by atoms with Crippen LogP contribution in [0.3, 0.4) is 0 Å². The van der Waals surface area contributed by atoms with Crippen LogP contribution in [-0.2, 0) is 13.1 Å². The van der Waals surface area contributed by atoms with Crippen molar-refractivity contribution in [2.75, 3.05) is 11.9 Å². The van der Waals surface area contributed by atoms with Crippen LogP contribution in [0.2, 0.25) is 0 Å². The molecular weight excluding hydrogens is 264 g/mol. The van der Waals surface area contributed by atoms with Crippen molar-refractivity contribution < 1.29 is 4.42 Å². The first-order valence-electron chi connectivity index (χ1n) is 7.18. The zero-order valence-electron chi connectivity index (χ0n) is 13.5. The summed E-state index contributed by atoms with van der Waals surface area (Å²) in [5, 5.41) is 11.5. The van der Waals surface area contributed by atoms with Crippen LogP contribution in [-0.4, -0.2) is 22.8 Å². The molecule has 0 saturated carbocycles. The number of nitrogens with one attached hydrogen (secondary N) is 1. The van der Waals surface area contributed by atoms with Crippen molar-refractivity contribution in [3.63, 3.8) is 0 Å². The van der Waals surface area contributed by atoms with Gasteiger partial charge in [-0.15, -0.1) is 5.10 Å². The second-order valence-corrected chi connectivity index (χ2v) is 6.36. The Morgan fingerprint density at radius 2 is 1.90 bits per heavy atom. The SMILES string of the molecule is Cc1ccccc1CN(C)c1nnc(CNC(C)(C)C)o1. The fraction of sp³-hybridized carbons (Fsp3) is 0.500. The van der Waals surface area contributed by atoms with Gasteiger partial charge in [0, 0.05) is 19.1 Å². The molecule has 0 fully saturated rings. The van der Waals surface area contributed by atoms with Crippen LogP contribution in [0.1, 0.15) is 37.8 Å². The summed E-state index contributed by atoms with van der Waals surface area (Å²) in [6.07, 6.45) is 0. The molecule has 1 heterocycles. The predicted molar refractivity (Wildman–Crippen MR) is 84.2 cm³/mol. The molecule has 1 aromatic carbocycles. The Kier molecular flexibility index (Phi) is 4.63. The van der Waals surface area contributed by atoms with E-state index in [0.29, 0.717) is 18.5 Å². The van der Waals surface area contributed by atoms with Crippen LogP contribution in [0.15, 0.2) is 28.7 Å². The van der Waals surface area contributed by atoms with Gasteiger partial charge in [-0.25, -0.2) is 0 Å². The Balaban J connectivity index is 1.99. The Bertz CT molecular complexity index is 586. The molecule has 0 atom stereocenters. The van der Waals surface area contributed by atoms with Crippen LogP contribution in [0, 0.1) is 6.92 Å². The Hall–Kier alpha value is -1.88. The Morgan fingerprint density at radius 3 is 2.57 bits per heavy atom. The van der Waals surface area contributed by atoms with Gasteiger partial charge in [0.1, 0.15) is 0 Å². The molecular formula is C16H24N4O. The van der Waals surface area contributed by atoms with Gasteiger partial charge >= 0.3 is 6.01 Å². The van der Waals surface area contributed by atoms with Gasteiger partial charge in [0.2, 0.25) is 5.89 Å². The third-order valence-corrected chi connectivity index (χ3v) is 3.22. The molecule has 0 spiro atoms. The molecule has 0 unspecified atom stereocenters. The maximum atomic E-state index is 5.69. The number of rotatable bonds is 5. The Morgan fingerprint density at radius 1 is 1.19 bits per heavy atom. The van der Waals surface area contributed by atoms with Crippen molar-refractivity contribution in [1.29, 1.82) is 0 Å². The van der Waals surface area contributed by atoms with Crippen LogP contribution in [0.5, 0.6) is 0 Å². The van der Waals surface area contributed by atoms with Gasteiger partial charge < -0.3 is 14.6 Å². The van der Waals surface area contributed by atoms with E-state index in [4.69, 9.17) is 4.42 Å². The maximum absolute atomic E-state index is 5.69. The summed E-state index contributed by atoms with van der Waals surface area (Å²) in [4.78, 5) is 1.97. The van der Waals surface area contributed by atoms with E-state index in [1.807, 2.05) is 24.1 Å². The molecule has 0 aliphatic carbocycles. The van der Waals surface area contributed by atoms with Crippen molar-refractivity contribution >= 4 is 6.01 Å². The average molecular weight is 288 g/mol. The van der Waals surface area contributed by atoms with Gasteiger partial charge in [-0.1, -0.05) is 29.4 Å². The first-order chi connectivity index (χ1) is 9.85. The minimum atomic E-state index is 0.0295. The van der Waals surface area contributed by atoms with Gasteiger partial charge in [-0.3, -0.25) is 0 Å². The highest BCUT2D eigenvalue weighted by molar-refractivity contribution is 5.31. The van der Waals surface area contributed by atoms with E-state index in [1.165, 1.54) is 11.1 Å². The highest BCUT2D eigenvalue weighted by atomic mass is 16.4. The number of hydrogen-bond acceptors (Lipinski definition) is 5. The minimum Gasteiger partial charge on any atom is -0.407 e. The molecule has 5 heteroatoms. The topological polar surface area (TPSA) is 54.2 Å². The lowest BCUT2D eigenvalue weighted by molar-refractivity contribution is 0.381. The van der Waals surface area contributed by atoms with E-state index in [9.17, 15) is 0 Å². The molecule has 0 radical (unpaired) electrons. The molecule has 0 aliphatic heterocycles. The molecule has 2 rings (SSSR count). The van der Waals surface area contributed by atoms with Crippen LogP contribution in [0.25, 0.3) is 0 Å². The molecule has 0 aliphatic rings. The van der Waals surface area contributed by atoms with E-state index < -0.39 is 0 Å². The van der Waals surface area contributed by atoms with Crippen LogP contribution in [0.4, 0.5) is 6.01 Å². The fourth-order valence-corrected chi connectivity index (χ4v) is 1.92. The highest BCUT2D eigenvalue weighted by Crippen LogP contribution is 2.16. The van der Waals surface area contributed by atoms with E-state index in [2.05, 4.69) is 55.3 Å². The summed E-state index contributed by atoms with van der Waals surface area (Å²) in [6.45, 7) is 9.75. The molecule has 21 heavy (non-hydrogen) atoms. The third kappa shape index (κ3) is 4.56. The fourth-order valence-electron chi connectivity index (χ4n) is 1.92. The highest BCUT2D eigenvalue weighted by Gasteiger charge is 2.14. The second-order valence-electron chi connectivity index (χ2n) is 6.36. The molecule has 0 amide bonds. The summed E-state index contributed by atoms with van der Waals surface area (Å²) in [7, 11) is 1.96. The second kappa shape index (κ2) is 6.26. The number of aromatic nitrogens is 2. The number of nitrogens with zero attached hydrogens (tertiary/aromatic N) is 3. The zero-order chi connectivity index (χ0) is 15.5. The molecule has 1 N–H and O–H groups in total. The largest absolute Gasteiger partial charge is 0.407 e. The average Bonchev–Trinajstić information content (AvgIpc) is 2.87. The summed E-state index contributed by atoms with van der Waals surface area (Å²) >= 11 is 0. The van der Waals surface area contributed by atoms with Gasteiger partial charge in [-0.2, -0.15) is 0 Å². The van der Waals surface area contributed by atoms with Gasteiger partial charge in [0.15, 0.2) is 0 Å². The van der Waals surface area contributed by atoms with E-state index >= 15 is 0 Å². The minimum absolute atomic E-state index is 0.0295. The van der Waals surface area contributed by atoms with Gasteiger partial charge in [-0.05, 0) is 38.8 Å². The first-order valence-corrected chi connectivity index (χ1v) is 7.18. The lowest BCUT2D eigenvalue weighted by atomic mass is 10.1. The normalized spacial score (nSPS) is 11.7. The molecule has 2 aromatic rings. The van der Waals surface area contributed by atoms with Crippen molar-refractivity contribution in [1.82, 2.24) is 15.5 Å². The number of aryl methyl sites for hydroxylation is 1. The van der Waals surface area contributed by atoms with Crippen molar-refractivity contribution in [2.24, 2.45) is 0 Å². The zero-order valence-corrected chi connectivity index (χ0v) is 13.5. The van der Waals surface area contributed by atoms with Crippen LogP contribution >= 0.6 is 0 Å². The summed E-state index contributed by atoms with van der Waals surface area (Å²) in [5.41, 5.74) is 2.55. The lowest BCUT2D eigenvalue weighted by Gasteiger charge is -2.19. The smallest absolute Gasteiger partial charge is 0.318 e. The Labute approximate surface area is 126 Å². The maximum Gasteiger partial charge on any atom is 0.318 e. The lowest BCUT2D eigenvalue weighted by Crippen LogP contribution is -2.35. The van der Waals surface area contributed by atoms with Gasteiger partial charge in [0.05, 0.1) is 6.54 Å². The van der Waals surface area contributed by atoms with Crippen molar-refractivity contribution in [3.05, 3.63) is 41.3 Å². The monoisotopic (exact) mass is 288 g/mol. The van der Waals surface area contributed by atoms with E-state index in [-0.39, 0.29) is 5.54 Å². The molecule has 5 nitrogen and oxygen atoms in total. The first kappa shape index (κ1) is 15.5. The quantitative estimate of drug-likeness (QED) is 0.917. The number of anilines is 1. The molecule has 0 bridgehead atoms. The number of hydrogen-bond donors (Lipinski definition) is 1. The molecule has 0 saturated heterocycles. The molecule has 114 valence electrons. The van der Waals surface area contributed by atoms with Crippen molar-refractivity contribution in [2.45, 2.75) is 46.3 Å². The third-order valence-electron chi connectivity index (χ3n) is 3.22. The van der Waals surface area contributed by atoms with E-state index in [0.717, 1.165) is 6.54 Å². The summed E-state index contributed by atoms with van der Waals surface area (Å²) < 4.78 is 5.69. The summed E-state index contributed by atoms with van der Waals surface area (Å²) in [6, 6.07) is 8.86. The molecule has 1 aromatic heterocycles. The predicted octanol–water partition coefficient (Wildman–Crippen LogP) is 2.90. The van der Waals surface area contributed by atoms with Crippen LogP contribution < -0.4 is 10.2 Å². The van der Waals surface area contributed by atoms with E-state index in [1.54, 1.807) is 0 Å². The van der Waals surface area contributed by atoms with Crippen molar-refractivity contribution in [3.8, 4) is 0 Å². The summed E-state index contributed by atoms with van der Waals surface area (Å²) in [5.74, 6) is 0.608. The van der Waals surface area contributed by atoms with Gasteiger partial charge in [0.25, 0.3) is 0 Å². The standard InChI is InChI=1S/C16H24N4O/c1-12-8-6-7-9-13(12)11-20(5)15-19-18-14(21-15)10-17-16(2,3)4/h6-9,17H,10-11H2,1-5H3.